The van der Waals surface area contributed by atoms with Crippen LogP contribution in [0.3, 0.4) is 0 Å². The zero-order valence-corrected chi connectivity index (χ0v) is 21.0. The average molecular weight is 532 g/mol. The van der Waals surface area contributed by atoms with Crippen LogP contribution in [0.4, 0.5) is 8.78 Å². The zero-order valence-electron chi connectivity index (χ0n) is 21.0. The van der Waals surface area contributed by atoms with E-state index in [1.165, 1.54) is 15.6 Å². The van der Waals surface area contributed by atoms with Gasteiger partial charge in [0.15, 0.2) is 11.4 Å². The van der Waals surface area contributed by atoms with E-state index in [2.05, 4.69) is 10.5 Å². The number of rotatable bonds is 9. The highest BCUT2D eigenvalue weighted by molar-refractivity contribution is 5.99. The molecule has 0 fully saturated rings. The zero-order chi connectivity index (χ0) is 27.6. The third-order valence-corrected chi connectivity index (χ3v) is 5.83. The normalized spacial score (nSPS) is 13.3. The van der Waals surface area contributed by atoms with E-state index in [9.17, 15) is 28.3 Å². The van der Waals surface area contributed by atoms with Crippen LogP contribution in [0.2, 0.25) is 0 Å². The number of pyridine rings is 1. The molecule has 13 heteroatoms. The molecule has 0 saturated carbocycles. The Morgan fingerprint density at radius 2 is 2.03 bits per heavy atom. The van der Waals surface area contributed by atoms with Gasteiger partial charge in [-0.2, -0.15) is 0 Å². The van der Waals surface area contributed by atoms with Gasteiger partial charge < -0.3 is 24.6 Å². The number of carbonyl (C=O) groups is 2. The predicted molar refractivity (Wildman–Crippen MR) is 130 cm³/mol. The van der Waals surface area contributed by atoms with Gasteiger partial charge in [-0.25, -0.2) is 8.78 Å². The second kappa shape index (κ2) is 11.0. The summed E-state index contributed by atoms with van der Waals surface area (Å²) < 4.78 is 39.1. The summed E-state index contributed by atoms with van der Waals surface area (Å²) in [5.74, 6) is -3.52. The number of halogens is 2. The van der Waals surface area contributed by atoms with Crippen LogP contribution in [0.1, 0.15) is 51.7 Å². The first-order chi connectivity index (χ1) is 18.0. The van der Waals surface area contributed by atoms with Crippen molar-refractivity contribution in [3.63, 3.8) is 0 Å². The Morgan fingerprint density at radius 1 is 1.26 bits per heavy atom. The maximum Gasteiger partial charge on any atom is 0.277 e. The summed E-state index contributed by atoms with van der Waals surface area (Å²) in [7, 11) is 0. The largest absolute Gasteiger partial charge is 0.502 e. The monoisotopic (exact) mass is 531 g/mol. The lowest BCUT2D eigenvalue weighted by Gasteiger charge is -2.39. The lowest BCUT2D eigenvalue weighted by atomic mass is 10.1. The summed E-state index contributed by atoms with van der Waals surface area (Å²) in [5.41, 5.74) is -1.36. The minimum Gasteiger partial charge on any atom is -0.502 e. The molecule has 2 aromatic heterocycles. The van der Waals surface area contributed by atoms with E-state index < -0.39 is 40.2 Å². The standard InChI is InChI=1S/C25H27F2N5O6/c1-14(2)37-7-6-30-13-31(11-18-8-15(3)38-29-18)32-12-19(22(33)23(34)21(32)25(30)36)24(35)28-10-16-4-5-17(26)9-20(16)27/h4-5,8-9,12,14,34H,6-7,10-11,13H2,1-3H3,(H,28,35). The number of fused-ring (bicyclic) bond motifs is 1. The van der Waals surface area contributed by atoms with Crippen molar-refractivity contribution in [3.8, 4) is 5.75 Å². The highest BCUT2D eigenvalue weighted by Gasteiger charge is 2.34. The first-order valence-corrected chi connectivity index (χ1v) is 11.8. The molecular weight excluding hydrogens is 504 g/mol. The number of ether oxygens (including phenoxy) is 1. The maximum atomic E-state index is 14.0. The van der Waals surface area contributed by atoms with Gasteiger partial charge in [0.2, 0.25) is 5.43 Å². The molecule has 1 aliphatic heterocycles. The molecular formula is C25H27F2N5O6. The molecule has 0 radical (unpaired) electrons. The Kier molecular flexibility index (Phi) is 7.76. The third-order valence-electron chi connectivity index (χ3n) is 5.83. The molecule has 0 bridgehead atoms. The van der Waals surface area contributed by atoms with E-state index in [-0.39, 0.29) is 50.3 Å². The third kappa shape index (κ3) is 5.67. The van der Waals surface area contributed by atoms with Gasteiger partial charge in [0, 0.05) is 37.0 Å². The summed E-state index contributed by atoms with van der Waals surface area (Å²) in [4.78, 5) is 40.5. The number of amides is 2. The highest BCUT2D eigenvalue weighted by atomic mass is 19.1. The molecule has 0 saturated heterocycles. The second-order valence-electron chi connectivity index (χ2n) is 9.06. The van der Waals surface area contributed by atoms with Crippen LogP contribution in [0, 0.1) is 18.6 Å². The Hall–Kier alpha value is -4.26. The molecule has 2 amide bonds. The van der Waals surface area contributed by atoms with Crippen LogP contribution in [-0.4, -0.2) is 57.6 Å². The topological polar surface area (TPSA) is 130 Å². The molecule has 1 aromatic carbocycles. The van der Waals surface area contributed by atoms with Crippen LogP contribution >= 0.6 is 0 Å². The van der Waals surface area contributed by atoms with E-state index in [1.807, 2.05) is 13.8 Å². The van der Waals surface area contributed by atoms with Gasteiger partial charge in [-0.1, -0.05) is 11.2 Å². The number of aryl methyl sites for hydroxylation is 1. The Morgan fingerprint density at radius 3 is 2.68 bits per heavy atom. The Labute approximate surface area is 216 Å². The van der Waals surface area contributed by atoms with E-state index >= 15 is 0 Å². The van der Waals surface area contributed by atoms with Crippen LogP contribution in [0.5, 0.6) is 5.75 Å². The van der Waals surface area contributed by atoms with Crippen molar-refractivity contribution in [2.24, 2.45) is 0 Å². The summed E-state index contributed by atoms with van der Waals surface area (Å²) in [6, 6.07) is 4.57. The molecule has 3 heterocycles. The maximum absolute atomic E-state index is 14.0. The quantitative estimate of drug-likeness (QED) is 0.429. The minimum atomic E-state index is -1.07. The van der Waals surface area contributed by atoms with Crippen LogP contribution < -0.4 is 15.8 Å². The summed E-state index contributed by atoms with van der Waals surface area (Å²) >= 11 is 0. The first kappa shape index (κ1) is 26.8. The van der Waals surface area contributed by atoms with Crippen LogP contribution in [0.15, 0.2) is 39.8 Å². The van der Waals surface area contributed by atoms with Gasteiger partial charge in [-0.05, 0) is 26.8 Å². The fraction of sp³-hybridized carbons (Fsp3) is 0.360. The van der Waals surface area contributed by atoms with Gasteiger partial charge in [0.05, 0.1) is 19.3 Å². The molecule has 1 aliphatic rings. The number of nitrogens with zero attached hydrogens (tertiary/aromatic N) is 4. The Balaban J connectivity index is 1.66. The number of aromatic hydroxyl groups is 1. The van der Waals surface area contributed by atoms with Crippen molar-refractivity contribution in [1.82, 2.24) is 20.0 Å². The van der Waals surface area contributed by atoms with Gasteiger partial charge in [0.1, 0.15) is 35.3 Å². The molecule has 3 aromatic rings. The first-order valence-electron chi connectivity index (χ1n) is 11.8. The number of benzene rings is 1. The van der Waals surface area contributed by atoms with E-state index in [4.69, 9.17) is 9.26 Å². The van der Waals surface area contributed by atoms with Gasteiger partial charge in [-0.15, -0.1) is 0 Å². The fourth-order valence-electron chi connectivity index (χ4n) is 3.96. The van der Waals surface area contributed by atoms with Crippen molar-refractivity contribution >= 4 is 11.8 Å². The SMILES string of the molecule is Cc1cc(CN2CN(CCOC(C)C)C(=O)c3c(O)c(=O)c(C(=O)NCc4ccc(F)cc4F)cn32)no1. The summed E-state index contributed by atoms with van der Waals surface area (Å²) in [5, 5.41) is 18.7. The van der Waals surface area contributed by atoms with Crippen molar-refractivity contribution in [3.05, 3.63) is 80.6 Å². The van der Waals surface area contributed by atoms with Crippen molar-refractivity contribution in [2.45, 2.75) is 40.0 Å². The second-order valence-corrected chi connectivity index (χ2v) is 9.06. The molecule has 0 atom stereocenters. The smallest absolute Gasteiger partial charge is 0.277 e. The lowest BCUT2D eigenvalue weighted by molar-refractivity contribution is 0.0426. The summed E-state index contributed by atoms with van der Waals surface area (Å²) in [6.45, 7) is 5.65. The van der Waals surface area contributed by atoms with Crippen molar-refractivity contribution in [1.29, 1.82) is 0 Å². The van der Waals surface area contributed by atoms with Gasteiger partial charge in [-0.3, -0.25) is 24.1 Å². The molecule has 202 valence electrons. The van der Waals surface area contributed by atoms with Gasteiger partial charge >= 0.3 is 0 Å². The van der Waals surface area contributed by atoms with Crippen molar-refractivity contribution in [2.75, 3.05) is 24.8 Å². The molecule has 4 rings (SSSR count). The van der Waals surface area contributed by atoms with Crippen molar-refractivity contribution < 1.29 is 32.7 Å². The number of carbonyl (C=O) groups excluding carboxylic acids is 2. The molecule has 38 heavy (non-hydrogen) atoms. The molecule has 0 spiro atoms. The Bertz CT molecular complexity index is 1420. The molecule has 0 aliphatic carbocycles. The number of aromatic nitrogens is 2. The number of hydrogen-bond donors (Lipinski definition) is 2. The van der Waals surface area contributed by atoms with Crippen LogP contribution in [-0.2, 0) is 17.8 Å². The van der Waals surface area contributed by atoms with E-state index in [1.54, 1.807) is 18.0 Å². The predicted octanol–water partition coefficient (Wildman–Crippen LogP) is 2.04. The highest BCUT2D eigenvalue weighted by Crippen LogP contribution is 2.23. The number of nitrogens with one attached hydrogen (secondary N) is 1. The fourth-order valence-corrected chi connectivity index (χ4v) is 3.96. The molecule has 11 nitrogen and oxygen atoms in total. The van der Waals surface area contributed by atoms with Gasteiger partial charge in [0.25, 0.3) is 11.8 Å². The summed E-state index contributed by atoms with van der Waals surface area (Å²) in [6.07, 6.45) is 1.08. The number of hydrogen-bond acceptors (Lipinski definition) is 8. The molecule has 2 N–H and O–H groups in total. The van der Waals surface area contributed by atoms with E-state index in [0.29, 0.717) is 17.5 Å². The lowest BCUT2D eigenvalue weighted by Crippen LogP contribution is -2.55. The van der Waals surface area contributed by atoms with E-state index in [0.717, 1.165) is 12.3 Å². The minimum absolute atomic E-state index is 0.000464. The average Bonchev–Trinajstić information content (AvgIpc) is 3.27. The molecule has 0 unspecified atom stereocenters. The van der Waals surface area contributed by atoms with Crippen LogP contribution in [0.25, 0.3) is 0 Å².